The van der Waals surface area contributed by atoms with E-state index in [9.17, 15) is 0 Å². The molecule has 0 bridgehead atoms. The first-order chi connectivity index (χ1) is 22.9. The monoisotopic (exact) mass is 634 g/mol. The molecule has 3 heterocycles. The first-order valence-corrected chi connectivity index (χ1v) is 17.0. The van der Waals surface area contributed by atoms with Crippen LogP contribution in [0.3, 0.4) is 0 Å². The molecule has 0 saturated carbocycles. The third-order valence-corrected chi connectivity index (χ3v) is 9.87. The molecule has 2 aromatic carbocycles. The van der Waals surface area contributed by atoms with E-state index >= 15 is 0 Å². The fraction of sp³-hybridized carbons (Fsp3) is 0.415. The van der Waals surface area contributed by atoms with Crippen molar-refractivity contribution in [1.29, 1.82) is 0 Å². The summed E-state index contributed by atoms with van der Waals surface area (Å²) in [5, 5.41) is 0. The van der Waals surface area contributed by atoms with Crippen LogP contribution >= 0.6 is 0 Å². The maximum Gasteiger partial charge on any atom is 0.119 e. The van der Waals surface area contributed by atoms with Gasteiger partial charge in [-0.25, -0.2) is 0 Å². The fourth-order valence-corrected chi connectivity index (χ4v) is 6.29. The lowest BCUT2D eigenvalue weighted by Gasteiger charge is -2.33. The summed E-state index contributed by atoms with van der Waals surface area (Å²) in [5.41, 5.74) is 5.63. The van der Waals surface area contributed by atoms with Gasteiger partial charge in [0.25, 0.3) is 0 Å². The van der Waals surface area contributed by atoms with Gasteiger partial charge in [0, 0.05) is 23.7 Å². The molecule has 4 unspecified atom stereocenters. The van der Waals surface area contributed by atoms with Crippen molar-refractivity contribution in [2.75, 3.05) is 39.6 Å². The lowest BCUT2D eigenvalue weighted by molar-refractivity contribution is 0.179. The summed E-state index contributed by atoms with van der Waals surface area (Å²) in [6.07, 6.45) is 21.6. The van der Waals surface area contributed by atoms with Crippen molar-refractivity contribution in [2.45, 2.75) is 63.8 Å². The van der Waals surface area contributed by atoms with Gasteiger partial charge in [-0.05, 0) is 71.5 Å². The molecule has 0 N–H and O–H groups in total. The zero-order valence-electron chi connectivity index (χ0n) is 27.8. The van der Waals surface area contributed by atoms with Crippen molar-refractivity contribution in [3.8, 4) is 11.5 Å². The lowest BCUT2D eigenvalue weighted by atomic mass is 9.70. The Morgan fingerprint density at radius 1 is 0.638 bits per heavy atom. The second-order valence-electron chi connectivity index (χ2n) is 13.7. The maximum atomic E-state index is 6.04. The molecule has 3 aliphatic heterocycles. The van der Waals surface area contributed by atoms with Crippen LogP contribution in [0.25, 0.3) is 0 Å². The average Bonchev–Trinajstić information content (AvgIpc) is 3.92. The fourth-order valence-electron chi connectivity index (χ4n) is 6.29. The Bertz CT molecular complexity index is 1590. The van der Waals surface area contributed by atoms with Crippen LogP contribution in [-0.2, 0) is 24.4 Å². The van der Waals surface area contributed by atoms with Crippen LogP contribution < -0.4 is 9.47 Å². The molecule has 0 aromatic heterocycles. The predicted molar refractivity (Wildman–Crippen MR) is 184 cm³/mol. The number of hydrogen-bond donors (Lipinski definition) is 0. The van der Waals surface area contributed by atoms with Gasteiger partial charge in [0.2, 0.25) is 0 Å². The molecular weight excluding hydrogens is 588 g/mol. The van der Waals surface area contributed by atoms with Crippen molar-refractivity contribution in [2.24, 2.45) is 5.41 Å². The molecule has 5 aliphatic rings. The summed E-state index contributed by atoms with van der Waals surface area (Å²) >= 11 is 0. The molecule has 6 nitrogen and oxygen atoms in total. The SMILES string of the molecule is CC(C)(C1=CC=C(OCC2CO2)CC=C1)C1=CCC=C(C(C)(c2ccc(OCCC3CO3)cc2)c2ccc(OCC3CO3)cc2)C=C1. The van der Waals surface area contributed by atoms with Gasteiger partial charge in [0.05, 0.1) is 38.3 Å². The molecule has 246 valence electrons. The maximum absolute atomic E-state index is 6.04. The zero-order chi connectivity index (χ0) is 32.3. The van der Waals surface area contributed by atoms with Gasteiger partial charge < -0.3 is 28.4 Å². The second kappa shape index (κ2) is 13.7. The summed E-state index contributed by atoms with van der Waals surface area (Å²) in [6.45, 7) is 11.3. The van der Waals surface area contributed by atoms with Crippen molar-refractivity contribution in [3.05, 3.63) is 131 Å². The molecule has 2 aliphatic carbocycles. The van der Waals surface area contributed by atoms with Crippen LogP contribution in [0.1, 0.15) is 51.2 Å². The summed E-state index contributed by atoms with van der Waals surface area (Å²) in [4.78, 5) is 0. The van der Waals surface area contributed by atoms with E-state index < -0.39 is 5.41 Å². The van der Waals surface area contributed by atoms with E-state index in [4.69, 9.17) is 28.4 Å². The van der Waals surface area contributed by atoms with Crippen LogP contribution in [0, 0.1) is 5.41 Å². The van der Waals surface area contributed by atoms with Crippen LogP contribution in [0.2, 0.25) is 0 Å². The molecule has 0 radical (unpaired) electrons. The van der Waals surface area contributed by atoms with E-state index in [1.807, 2.05) is 0 Å². The minimum Gasteiger partial charge on any atom is -0.495 e. The highest BCUT2D eigenvalue weighted by Crippen LogP contribution is 2.44. The van der Waals surface area contributed by atoms with E-state index in [1.54, 1.807) is 0 Å². The predicted octanol–water partition coefficient (Wildman–Crippen LogP) is 7.96. The van der Waals surface area contributed by atoms with E-state index in [0.29, 0.717) is 25.9 Å². The standard InChI is InChI=1S/C41H46O6/c1-40(2,30-7-5-9-34(17-12-30)43-25-38-27-46-38)29-6-4-8-31(11-10-29)41(3,33-15-20-36(21-16-33)44-26-39-28-47-39)32-13-18-35(19-14-32)42-23-22-37-24-45-37/h5-8,10-21,37-39H,4,9,22-28H2,1-3H3. The van der Waals surface area contributed by atoms with Gasteiger partial charge in [0.15, 0.2) is 0 Å². The molecule has 0 spiro atoms. The van der Waals surface area contributed by atoms with Gasteiger partial charge in [0.1, 0.15) is 36.9 Å². The van der Waals surface area contributed by atoms with E-state index in [1.165, 1.54) is 27.8 Å². The quantitative estimate of drug-likeness (QED) is 0.185. The first-order valence-electron chi connectivity index (χ1n) is 17.0. The Morgan fingerprint density at radius 3 is 1.85 bits per heavy atom. The molecule has 3 saturated heterocycles. The number of epoxide rings is 3. The third kappa shape index (κ3) is 7.83. The highest BCUT2D eigenvalue weighted by molar-refractivity contribution is 5.55. The van der Waals surface area contributed by atoms with E-state index in [0.717, 1.165) is 56.3 Å². The zero-order valence-corrected chi connectivity index (χ0v) is 27.8. The van der Waals surface area contributed by atoms with E-state index in [-0.39, 0.29) is 17.6 Å². The first kappa shape index (κ1) is 31.7. The van der Waals surface area contributed by atoms with E-state index in [2.05, 4.69) is 118 Å². The van der Waals surface area contributed by atoms with Gasteiger partial charge in [-0.1, -0.05) is 80.6 Å². The molecule has 47 heavy (non-hydrogen) atoms. The van der Waals surface area contributed by atoms with Crippen LogP contribution in [-0.4, -0.2) is 58.0 Å². The van der Waals surface area contributed by atoms with Crippen LogP contribution in [0.15, 0.2) is 120 Å². The number of benzene rings is 2. The second-order valence-corrected chi connectivity index (χ2v) is 13.7. The van der Waals surface area contributed by atoms with Gasteiger partial charge in [-0.15, -0.1) is 0 Å². The number of hydrogen-bond acceptors (Lipinski definition) is 6. The Morgan fingerprint density at radius 2 is 1.21 bits per heavy atom. The Hall–Kier alpha value is -3.84. The normalized spacial score (nSPS) is 24.4. The Labute approximate surface area is 279 Å². The van der Waals surface area contributed by atoms with Gasteiger partial charge in [-0.3, -0.25) is 0 Å². The average molecular weight is 635 g/mol. The highest BCUT2D eigenvalue weighted by Gasteiger charge is 2.34. The van der Waals surface area contributed by atoms with Crippen LogP contribution in [0.4, 0.5) is 0 Å². The third-order valence-electron chi connectivity index (χ3n) is 9.87. The van der Waals surface area contributed by atoms with Crippen molar-refractivity contribution >= 4 is 0 Å². The van der Waals surface area contributed by atoms with Crippen LogP contribution in [0.5, 0.6) is 11.5 Å². The minimum absolute atomic E-state index is 0.188. The Balaban J connectivity index is 1.13. The molecule has 6 heteroatoms. The lowest BCUT2D eigenvalue weighted by Crippen LogP contribution is -2.26. The number of allylic oxidation sites excluding steroid dienone is 11. The molecule has 0 amide bonds. The molecule has 2 aromatic rings. The summed E-state index contributed by atoms with van der Waals surface area (Å²) in [5.74, 6) is 2.73. The summed E-state index contributed by atoms with van der Waals surface area (Å²) in [6, 6.07) is 17.2. The molecule has 7 rings (SSSR count). The topological polar surface area (TPSA) is 65.3 Å². The van der Waals surface area contributed by atoms with Crippen molar-refractivity contribution in [3.63, 3.8) is 0 Å². The largest absolute Gasteiger partial charge is 0.495 e. The van der Waals surface area contributed by atoms with Crippen molar-refractivity contribution < 1.29 is 28.4 Å². The number of rotatable bonds is 15. The smallest absolute Gasteiger partial charge is 0.119 e. The minimum atomic E-state index is -0.399. The molecular formula is C41H46O6. The number of ether oxygens (including phenoxy) is 6. The highest BCUT2D eigenvalue weighted by atomic mass is 16.6. The molecule has 4 atom stereocenters. The van der Waals surface area contributed by atoms with Crippen molar-refractivity contribution in [1.82, 2.24) is 0 Å². The Kier molecular flexibility index (Phi) is 9.26. The molecule has 3 fully saturated rings. The van der Waals surface area contributed by atoms with Gasteiger partial charge >= 0.3 is 0 Å². The van der Waals surface area contributed by atoms with Gasteiger partial charge in [-0.2, -0.15) is 0 Å². The summed E-state index contributed by atoms with van der Waals surface area (Å²) in [7, 11) is 0. The summed E-state index contributed by atoms with van der Waals surface area (Å²) < 4.78 is 34.0.